The molecule has 140 valence electrons. The summed E-state index contributed by atoms with van der Waals surface area (Å²) in [4.78, 5) is 25.6. The Bertz CT molecular complexity index is 784. The summed E-state index contributed by atoms with van der Waals surface area (Å²) in [7, 11) is 1.61. The fraction of sp³-hybridized carbons (Fsp3) is 0.471. The van der Waals surface area contributed by atoms with Crippen LogP contribution >= 0.6 is 11.8 Å². The molecule has 0 aliphatic heterocycles. The quantitative estimate of drug-likeness (QED) is 0.767. The molecule has 2 amide bonds. The summed E-state index contributed by atoms with van der Waals surface area (Å²) in [6.45, 7) is 7.67. The minimum Gasteiger partial charge on any atom is -0.350 e. The van der Waals surface area contributed by atoms with E-state index in [1.165, 1.54) is 16.7 Å². The number of likely N-dealkylation sites (N-methyl/N-ethyl adjacent to an activating group) is 1. The highest BCUT2D eigenvalue weighted by Crippen LogP contribution is 2.20. The number of tetrazole rings is 1. The molecule has 0 spiro atoms. The molecule has 1 heterocycles. The summed E-state index contributed by atoms with van der Waals surface area (Å²) in [6.07, 6.45) is 0. The maximum Gasteiger partial charge on any atom is 0.240 e. The van der Waals surface area contributed by atoms with E-state index >= 15 is 0 Å². The van der Waals surface area contributed by atoms with Crippen LogP contribution in [0.5, 0.6) is 0 Å². The first kappa shape index (κ1) is 19.9. The Morgan fingerprint density at radius 1 is 1.27 bits per heavy atom. The molecule has 8 nitrogen and oxygen atoms in total. The summed E-state index contributed by atoms with van der Waals surface area (Å²) < 4.78 is 1.61. The second-order valence-electron chi connectivity index (χ2n) is 7.00. The number of nitrogens with zero attached hydrogens (tertiary/aromatic N) is 5. The van der Waals surface area contributed by atoms with Crippen LogP contribution in [0.1, 0.15) is 26.3 Å². The molecule has 1 aromatic heterocycles. The van der Waals surface area contributed by atoms with Crippen molar-refractivity contribution in [2.24, 2.45) is 0 Å². The average molecular weight is 376 g/mol. The third kappa shape index (κ3) is 5.55. The predicted octanol–water partition coefficient (Wildman–Crippen LogP) is 1.44. The lowest BCUT2D eigenvalue weighted by molar-refractivity contribution is -0.133. The first-order chi connectivity index (χ1) is 12.2. The van der Waals surface area contributed by atoms with Gasteiger partial charge in [0.05, 0.1) is 18.0 Å². The minimum atomic E-state index is -0.328. The van der Waals surface area contributed by atoms with Crippen LogP contribution in [0.2, 0.25) is 0 Å². The number of amides is 2. The number of benzene rings is 1. The van der Waals surface area contributed by atoms with Gasteiger partial charge in [0.2, 0.25) is 17.0 Å². The molecule has 0 aliphatic carbocycles. The number of carbonyl (C=O) groups is 2. The van der Waals surface area contributed by atoms with Crippen LogP contribution in [-0.2, 0) is 9.59 Å². The molecule has 2 rings (SSSR count). The summed E-state index contributed by atoms with van der Waals surface area (Å²) in [5, 5.41) is 15.1. The van der Waals surface area contributed by atoms with Gasteiger partial charge in [0.1, 0.15) is 0 Å². The van der Waals surface area contributed by atoms with E-state index in [1.54, 1.807) is 11.7 Å². The highest BCUT2D eigenvalue weighted by atomic mass is 32.2. The zero-order valence-electron chi connectivity index (χ0n) is 15.7. The smallest absolute Gasteiger partial charge is 0.240 e. The van der Waals surface area contributed by atoms with Gasteiger partial charge >= 0.3 is 0 Å². The molecule has 0 saturated carbocycles. The fourth-order valence-electron chi connectivity index (χ4n) is 2.22. The van der Waals surface area contributed by atoms with Gasteiger partial charge in [0.15, 0.2) is 0 Å². The largest absolute Gasteiger partial charge is 0.350 e. The van der Waals surface area contributed by atoms with Gasteiger partial charge in [-0.05, 0) is 49.8 Å². The van der Waals surface area contributed by atoms with Crippen LogP contribution in [0.4, 0.5) is 0 Å². The van der Waals surface area contributed by atoms with Gasteiger partial charge in [-0.3, -0.25) is 9.59 Å². The Hall–Kier alpha value is -2.42. The molecule has 1 N–H and O–H groups in total. The molecule has 0 bridgehead atoms. The molecule has 2 aromatic rings. The first-order valence-corrected chi connectivity index (χ1v) is 9.18. The van der Waals surface area contributed by atoms with Crippen molar-refractivity contribution in [2.45, 2.75) is 38.4 Å². The van der Waals surface area contributed by atoms with Crippen LogP contribution in [0.3, 0.4) is 0 Å². The lowest BCUT2D eigenvalue weighted by atomic mass is 10.1. The first-order valence-electron chi connectivity index (χ1n) is 8.19. The number of carbonyl (C=O) groups excluding carboxylic acids is 2. The summed E-state index contributed by atoms with van der Waals surface area (Å²) in [5.74, 6) is -0.215. The molecule has 1 aromatic carbocycles. The highest BCUT2D eigenvalue weighted by Gasteiger charge is 2.19. The van der Waals surface area contributed by atoms with E-state index in [-0.39, 0.29) is 29.7 Å². The third-order valence-corrected chi connectivity index (χ3v) is 4.33. The van der Waals surface area contributed by atoms with Gasteiger partial charge in [-0.25, -0.2) is 0 Å². The average Bonchev–Trinajstić information content (AvgIpc) is 2.99. The van der Waals surface area contributed by atoms with Crippen molar-refractivity contribution in [2.75, 3.05) is 19.3 Å². The number of thioether (sulfide) groups is 1. The molecule has 0 radical (unpaired) electrons. The molecule has 0 unspecified atom stereocenters. The predicted molar refractivity (Wildman–Crippen MR) is 100 cm³/mol. The van der Waals surface area contributed by atoms with Crippen LogP contribution in [-0.4, -0.2) is 61.8 Å². The lowest BCUT2D eigenvalue weighted by Gasteiger charge is -2.23. The molecule has 0 saturated heterocycles. The van der Waals surface area contributed by atoms with Crippen LogP contribution < -0.4 is 5.32 Å². The maximum atomic E-state index is 12.3. The number of rotatable bonds is 6. The normalized spacial score (nSPS) is 11.3. The Kier molecular flexibility index (Phi) is 6.36. The molecule has 0 atom stereocenters. The number of aryl methyl sites for hydroxylation is 1. The van der Waals surface area contributed by atoms with Gasteiger partial charge in [-0.2, -0.15) is 4.68 Å². The second kappa shape index (κ2) is 8.31. The van der Waals surface area contributed by atoms with Crippen molar-refractivity contribution in [3.63, 3.8) is 0 Å². The van der Waals surface area contributed by atoms with Crippen molar-refractivity contribution in [1.82, 2.24) is 30.4 Å². The number of aromatic nitrogens is 4. The van der Waals surface area contributed by atoms with Crippen LogP contribution in [0, 0.1) is 6.92 Å². The SMILES string of the molecule is Cc1ccccc1-n1nnnc1SCC(=O)N(C)CC(=O)NC(C)(C)C. The summed E-state index contributed by atoms with van der Waals surface area (Å²) >= 11 is 1.24. The summed E-state index contributed by atoms with van der Waals surface area (Å²) in [6, 6.07) is 7.74. The fourth-order valence-corrected chi connectivity index (χ4v) is 3.04. The molecule has 0 fully saturated rings. The van der Waals surface area contributed by atoms with Gasteiger partial charge in [0, 0.05) is 12.6 Å². The maximum absolute atomic E-state index is 12.3. The van der Waals surface area contributed by atoms with Crippen LogP contribution in [0.15, 0.2) is 29.4 Å². The van der Waals surface area contributed by atoms with E-state index in [0.717, 1.165) is 11.3 Å². The number of para-hydroxylation sites is 1. The number of nitrogens with one attached hydrogen (secondary N) is 1. The molecule has 26 heavy (non-hydrogen) atoms. The molecule has 0 aliphatic rings. The van der Waals surface area contributed by atoms with Crippen molar-refractivity contribution in [1.29, 1.82) is 0 Å². The topological polar surface area (TPSA) is 93.0 Å². The van der Waals surface area contributed by atoms with E-state index in [4.69, 9.17) is 0 Å². The highest BCUT2D eigenvalue weighted by molar-refractivity contribution is 7.99. The molecule has 9 heteroatoms. The van der Waals surface area contributed by atoms with Gasteiger partial charge < -0.3 is 10.2 Å². The monoisotopic (exact) mass is 376 g/mol. The summed E-state index contributed by atoms with van der Waals surface area (Å²) in [5.41, 5.74) is 1.57. The van der Waals surface area contributed by atoms with Crippen molar-refractivity contribution in [3.05, 3.63) is 29.8 Å². The van der Waals surface area contributed by atoms with Gasteiger partial charge in [-0.1, -0.05) is 30.0 Å². The van der Waals surface area contributed by atoms with Crippen molar-refractivity contribution >= 4 is 23.6 Å². The Balaban J connectivity index is 1.95. The molecular formula is C17H24N6O2S. The Labute approximate surface area is 157 Å². The third-order valence-electron chi connectivity index (χ3n) is 3.43. The van der Waals surface area contributed by atoms with Gasteiger partial charge in [0.25, 0.3) is 0 Å². The lowest BCUT2D eigenvalue weighted by Crippen LogP contribution is -2.46. The van der Waals surface area contributed by atoms with Crippen LogP contribution in [0.25, 0.3) is 5.69 Å². The minimum absolute atomic E-state index is 0.0133. The van der Waals surface area contributed by atoms with E-state index in [9.17, 15) is 9.59 Å². The number of hydrogen-bond acceptors (Lipinski definition) is 6. The zero-order valence-corrected chi connectivity index (χ0v) is 16.5. The number of hydrogen-bond donors (Lipinski definition) is 1. The van der Waals surface area contributed by atoms with Gasteiger partial charge in [-0.15, -0.1) is 5.10 Å². The standard InChI is InChI=1S/C17H24N6O2S/c1-12-8-6-7-9-13(12)23-16(19-20-21-23)26-11-15(25)22(5)10-14(24)18-17(2,3)4/h6-9H,10-11H2,1-5H3,(H,18,24). The van der Waals surface area contributed by atoms with Crippen molar-refractivity contribution in [3.8, 4) is 5.69 Å². The molecular weight excluding hydrogens is 352 g/mol. The van der Waals surface area contributed by atoms with Crippen molar-refractivity contribution < 1.29 is 9.59 Å². The van der Waals surface area contributed by atoms with E-state index in [2.05, 4.69) is 20.8 Å². The van der Waals surface area contributed by atoms with E-state index in [1.807, 2.05) is 52.0 Å². The Morgan fingerprint density at radius 2 is 1.96 bits per heavy atom. The van der Waals surface area contributed by atoms with E-state index < -0.39 is 0 Å². The second-order valence-corrected chi connectivity index (χ2v) is 7.94. The Morgan fingerprint density at radius 3 is 2.62 bits per heavy atom. The van der Waals surface area contributed by atoms with E-state index in [0.29, 0.717) is 5.16 Å². The zero-order chi connectivity index (χ0) is 19.3.